The average molecular weight is 392 g/mol. The first-order valence-corrected chi connectivity index (χ1v) is 10.6. The molecule has 0 radical (unpaired) electrons. The van der Waals surface area contributed by atoms with Crippen LogP contribution >= 0.6 is 22.7 Å². The first-order chi connectivity index (χ1) is 12.7. The zero-order chi connectivity index (χ0) is 17.9. The summed E-state index contributed by atoms with van der Waals surface area (Å²) < 4.78 is 5.44. The molecular formula is C18H23N4O2S2+. The Balaban J connectivity index is 1.71. The molecule has 26 heavy (non-hydrogen) atoms. The second-order valence-corrected chi connectivity index (χ2v) is 8.37. The Bertz CT molecular complexity index is 858. The van der Waals surface area contributed by atoms with Gasteiger partial charge in [0, 0.05) is 22.4 Å². The summed E-state index contributed by atoms with van der Waals surface area (Å²) in [6.45, 7) is 6.62. The molecule has 1 atom stereocenters. The fourth-order valence-corrected chi connectivity index (χ4v) is 4.89. The smallest absolute Gasteiger partial charge is 0.187 e. The highest BCUT2D eigenvalue weighted by molar-refractivity contribution is 7.18. The van der Waals surface area contributed by atoms with E-state index < -0.39 is 6.10 Å². The van der Waals surface area contributed by atoms with Crippen LogP contribution in [0.25, 0.3) is 20.7 Å². The van der Waals surface area contributed by atoms with E-state index in [1.807, 2.05) is 0 Å². The fourth-order valence-electron chi connectivity index (χ4n) is 3.11. The van der Waals surface area contributed by atoms with E-state index in [0.717, 1.165) is 54.7 Å². The number of hydrogen-bond donors (Lipinski definition) is 3. The van der Waals surface area contributed by atoms with E-state index in [1.54, 1.807) is 29.6 Å². The van der Waals surface area contributed by atoms with Crippen molar-refractivity contribution in [1.82, 2.24) is 9.97 Å². The van der Waals surface area contributed by atoms with Gasteiger partial charge < -0.3 is 20.1 Å². The molecule has 0 aliphatic carbocycles. The van der Waals surface area contributed by atoms with E-state index in [-0.39, 0.29) is 0 Å². The maximum absolute atomic E-state index is 9.70. The van der Waals surface area contributed by atoms with Gasteiger partial charge in [-0.15, -0.1) is 22.7 Å². The molecule has 4 rings (SSSR count). The summed E-state index contributed by atoms with van der Waals surface area (Å²) >= 11 is 3.37. The predicted molar refractivity (Wildman–Crippen MR) is 106 cm³/mol. The third-order valence-electron chi connectivity index (χ3n) is 4.44. The van der Waals surface area contributed by atoms with Gasteiger partial charge in [-0.05, 0) is 18.4 Å². The Morgan fingerprint density at radius 1 is 1.31 bits per heavy atom. The van der Waals surface area contributed by atoms with Crippen LogP contribution in [0, 0.1) is 0 Å². The Kier molecular flexibility index (Phi) is 5.46. The minimum Gasteiger partial charge on any atom is -0.392 e. The summed E-state index contributed by atoms with van der Waals surface area (Å²) in [7, 11) is 0. The lowest BCUT2D eigenvalue weighted by Gasteiger charge is -2.23. The van der Waals surface area contributed by atoms with Gasteiger partial charge in [-0.3, -0.25) is 0 Å². The van der Waals surface area contributed by atoms with Crippen LogP contribution in [0.3, 0.4) is 0 Å². The van der Waals surface area contributed by atoms with Gasteiger partial charge in [0.1, 0.15) is 30.3 Å². The van der Waals surface area contributed by atoms with Gasteiger partial charge >= 0.3 is 0 Å². The molecule has 3 N–H and O–H groups in total. The van der Waals surface area contributed by atoms with Crippen molar-refractivity contribution in [2.75, 3.05) is 38.2 Å². The summed E-state index contributed by atoms with van der Waals surface area (Å²) in [6, 6.07) is 4.18. The summed E-state index contributed by atoms with van der Waals surface area (Å²) in [6.07, 6.45) is -0.433. The molecular weight excluding hydrogens is 368 g/mol. The number of rotatable bonds is 6. The largest absolute Gasteiger partial charge is 0.392 e. The van der Waals surface area contributed by atoms with Gasteiger partial charge in [-0.25, -0.2) is 9.97 Å². The van der Waals surface area contributed by atoms with Crippen LogP contribution < -0.4 is 10.2 Å². The topological polar surface area (TPSA) is 71.7 Å². The van der Waals surface area contributed by atoms with E-state index in [0.29, 0.717) is 6.54 Å². The number of nitrogens with one attached hydrogen (secondary N) is 2. The molecule has 6 nitrogen and oxygen atoms in total. The predicted octanol–water partition coefficient (Wildman–Crippen LogP) is 1.63. The Morgan fingerprint density at radius 3 is 2.88 bits per heavy atom. The van der Waals surface area contributed by atoms with E-state index in [9.17, 15) is 5.11 Å². The minimum atomic E-state index is -0.433. The second-order valence-electron chi connectivity index (χ2n) is 6.56. The zero-order valence-corrected chi connectivity index (χ0v) is 16.3. The number of aliphatic hydroxyl groups excluding tert-OH is 1. The average Bonchev–Trinajstić information content (AvgIpc) is 3.29. The lowest BCUT2D eigenvalue weighted by Crippen LogP contribution is -3.12. The molecule has 0 aromatic carbocycles. The third-order valence-corrected chi connectivity index (χ3v) is 6.21. The van der Waals surface area contributed by atoms with Crippen molar-refractivity contribution in [1.29, 1.82) is 0 Å². The van der Waals surface area contributed by atoms with Crippen LogP contribution in [0.15, 0.2) is 22.9 Å². The van der Waals surface area contributed by atoms with Gasteiger partial charge in [-0.2, -0.15) is 0 Å². The first kappa shape index (κ1) is 17.8. The van der Waals surface area contributed by atoms with Crippen molar-refractivity contribution in [3.05, 3.63) is 28.7 Å². The normalized spacial score (nSPS) is 16.8. The summed E-state index contributed by atoms with van der Waals surface area (Å²) in [5, 5.41) is 18.3. The van der Waals surface area contributed by atoms with Crippen molar-refractivity contribution >= 4 is 38.7 Å². The molecule has 4 heterocycles. The van der Waals surface area contributed by atoms with Crippen LogP contribution in [0.4, 0.5) is 5.82 Å². The van der Waals surface area contributed by atoms with Crippen molar-refractivity contribution in [3.63, 3.8) is 0 Å². The van der Waals surface area contributed by atoms with E-state index in [4.69, 9.17) is 14.7 Å². The number of fused-ring (bicyclic) bond motifs is 1. The van der Waals surface area contributed by atoms with Crippen LogP contribution in [0.2, 0.25) is 0 Å². The number of anilines is 1. The number of ether oxygens (including phenoxy) is 1. The number of nitrogens with zero attached hydrogens (tertiary/aromatic N) is 2. The quantitative estimate of drug-likeness (QED) is 0.596. The Morgan fingerprint density at radius 2 is 2.15 bits per heavy atom. The molecule has 3 aromatic heterocycles. The highest BCUT2D eigenvalue weighted by Crippen LogP contribution is 2.38. The van der Waals surface area contributed by atoms with Crippen LogP contribution in [0.1, 0.15) is 12.7 Å². The summed E-state index contributed by atoms with van der Waals surface area (Å²) in [5.74, 6) is 1.67. The molecule has 1 fully saturated rings. The van der Waals surface area contributed by atoms with Crippen LogP contribution in [-0.2, 0) is 11.3 Å². The lowest BCUT2D eigenvalue weighted by molar-refractivity contribution is -0.922. The van der Waals surface area contributed by atoms with E-state index in [1.165, 1.54) is 15.3 Å². The molecule has 138 valence electrons. The van der Waals surface area contributed by atoms with Gasteiger partial charge in [0.2, 0.25) is 0 Å². The second kappa shape index (κ2) is 7.98. The molecule has 8 heteroatoms. The van der Waals surface area contributed by atoms with Crippen molar-refractivity contribution < 1.29 is 14.7 Å². The van der Waals surface area contributed by atoms with Gasteiger partial charge in [0.05, 0.1) is 24.7 Å². The van der Waals surface area contributed by atoms with Crippen LogP contribution in [-0.4, -0.2) is 54.0 Å². The first-order valence-electron chi connectivity index (χ1n) is 8.86. The third kappa shape index (κ3) is 3.89. The molecule has 0 bridgehead atoms. The molecule has 1 saturated heterocycles. The van der Waals surface area contributed by atoms with Crippen molar-refractivity contribution in [3.8, 4) is 10.4 Å². The number of aromatic nitrogens is 2. The molecule has 0 spiro atoms. The molecule has 1 aliphatic rings. The molecule has 0 unspecified atom stereocenters. The Labute approximate surface area is 160 Å². The monoisotopic (exact) mass is 391 g/mol. The molecule has 0 amide bonds. The number of hydrogen-bond acceptors (Lipinski definition) is 7. The SMILES string of the molecule is C[C@H](O)CNc1nc(C[NH+]2CCOCC2)nc2scc(-c3cccs3)c12. The molecule has 3 aromatic rings. The van der Waals surface area contributed by atoms with Crippen molar-refractivity contribution in [2.45, 2.75) is 19.6 Å². The maximum Gasteiger partial charge on any atom is 0.187 e. The fraction of sp³-hybridized carbons (Fsp3) is 0.444. The molecule has 0 saturated carbocycles. The summed E-state index contributed by atoms with van der Waals surface area (Å²) in [5.41, 5.74) is 1.17. The van der Waals surface area contributed by atoms with Gasteiger partial charge in [0.15, 0.2) is 5.82 Å². The van der Waals surface area contributed by atoms with Gasteiger partial charge in [0.25, 0.3) is 0 Å². The maximum atomic E-state index is 9.70. The van der Waals surface area contributed by atoms with E-state index in [2.05, 4.69) is 28.2 Å². The standard InChI is InChI=1S/C18H22N4O2S2/c1-12(23)9-19-17-16-13(14-3-2-8-25-14)11-26-18(16)21-15(20-17)10-22-4-6-24-7-5-22/h2-3,8,11-12,23H,4-7,9-10H2,1H3,(H,19,20,21)/p+1/t12-/m0/s1. The van der Waals surface area contributed by atoms with E-state index >= 15 is 0 Å². The van der Waals surface area contributed by atoms with Crippen LogP contribution in [0.5, 0.6) is 0 Å². The highest BCUT2D eigenvalue weighted by atomic mass is 32.1. The number of aliphatic hydroxyl groups is 1. The molecule has 1 aliphatic heterocycles. The number of thiophene rings is 2. The zero-order valence-electron chi connectivity index (χ0n) is 14.7. The van der Waals surface area contributed by atoms with Gasteiger partial charge in [-0.1, -0.05) is 6.07 Å². The van der Waals surface area contributed by atoms with Crippen molar-refractivity contribution in [2.24, 2.45) is 0 Å². The lowest BCUT2D eigenvalue weighted by atomic mass is 10.2. The highest BCUT2D eigenvalue weighted by Gasteiger charge is 2.20. The number of quaternary nitrogens is 1. The minimum absolute atomic E-state index is 0.433. The Hall–Kier alpha value is -1.58. The number of morpholine rings is 1. The summed E-state index contributed by atoms with van der Waals surface area (Å²) in [4.78, 5) is 13.3.